The van der Waals surface area contributed by atoms with Gasteiger partial charge in [0.1, 0.15) is 6.04 Å². The third-order valence-electron chi connectivity index (χ3n) is 4.92. The molecule has 3 rings (SSSR count). The molecule has 2 amide bonds. The average molecular weight is 380 g/mol. The number of hydrazine groups is 1. The number of halogens is 2. The number of nitrogens with zero attached hydrogens (tertiary/aromatic N) is 1. The smallest absolute Gasteiger partial charge is 0.259 e. The molecule has 0 spiro atoms. The zero-order chi connectivity index (χ0) is 19.8. The van der Waals surface area contributed by atoms with Crippen molar-refractivity contribution in [2.24, 2.45) is 5.41 Å². The minimum atomic E-state index is -1.09. The van der Waals surface area contributed by atoms with E-state index in [0.717, 1.165) is 6.07 Å². The van der Waals surface area contributed by atoms with Gasteiger partial charge in [-0.05, 0) is 24.0 Å². The number of amides is 2. The van der Waals surface area contributed by atoms with E-state index in [2.05, 4.69) is 16.2 Å². The number of hydrogen-bond acceptors (Lipinski definition) is 5. The summed E-state index contributed by atoms with van der Waals surface area (Å²) in [4.78, 5) is 26.2. The van der Waals surface area contributed by atoms with E-state index in [4.69, 9.17) is 4.74 Å². The minimum Gasteiger partial charge on any atom is -0.491 e. The molecule has 1 aromatic rings. The van der Waals surface area contributed by atoms with Crippen LogP contribution in [0, 0.1) is 17.0 Å². The van der Waals surface area contributed by atoms with Crippen molar-refractivity contribution in [3.05, 3.63) is 35.5 Å². The highest BCUT2D eigenvalue weighted by Gasteiger charge is 2.46. The molecule has 1 saturated heterocycles. The quantitative estimate of drug-likeness (QED) is 0.732. The van der Waals surface area contributed by atoms with Gasteiger partial charge in [-0.25, -0.2) is 9.82 Å². The van der Waals surface area contributed by atoms with E-state index in [1.165, 1.54) is 19.3 Å². The Kier molecular flexibility index (Phi) is 5.05. The molecule has 1 atom stereocenters. The first-order valence-electron chi connectivity index (χ1n) is 8.57. The van der Waals surface area contributed by atoms with E-state index in [1.54, 1.807) is 4.90 Å². The Balaban J connectivity index is 1.93. The number of rotatable bonds is 4. The second kappa shape index (κ2) is 7.15. The maximum absolute atomic E-state index is 14.2. The molecule has 2 aliphatic heterocycles. The van der Waals surface area contributed by atoms with E-state index < -0.39 is 23.1 Å². The molecule has 9 heteroatoms. The van der Waals surface area contributed by atoms with E-state index in [1.807, 2.05) is 13.8 Å². The topological polar surface area (TPSA) is 82.7 Å². The molecule has 2 aliphatic rings. The summed E-state index contributed by atoms with van der Waals surface area (Å²) in [7, 11) is 1.26. The standard InChI is InChI=1S/C18H22F2N4O3/c1-18(2)6-7-24(12-5-4-11(19)14(20)15(12)27-3)16(18)17(26)22-10-8-13(25)23-21-9-10/h4-5,8,16,21H,6-7,9H2,1-3H3,(H,22,26)(H,23,25). The third kappa shape index (κ3) is 3.59. The summed E-state index contributed by atoms with van der Waals surface area (Å²) >= 11 is 0. The molecule has 7 nitrogen and oxygen atoms in total. The molecular formula is C18H22F2N4O3. The predicted octanol–water partition coefficient (Wildman–Crippen LogP) is 1.21. The molecule has 1 aromatic carbocycles. The van der Waals surface area contributed by atoms with Gasteiger partial charge in [0.15, 0.2) is 11.6 Å². The first-order valence-corrected chi connectivity index (χ1v) is 8.57. The van der Waals surface area contributed by atoms with Crippen LogP contribution in [0.3, 0.4) is 0 Å². The third-order valence-corrected chi connectivity index (χ3v) is 4.92. The number of nitrogens with one attached hydrogen (secondary N) is 3. The van der Waals surface area contributed by atoms with Gasteiger partial charge in [-0.1, -0.05) is 13.8 Å². The number of anilines is 1. The number of carbonyl (C=O) groups excluding carboxylic acids is 2. The Bertz CT molecular complexity index is 810. The SMILES string of the molecule is COc1c(N2CCC(C)(C)C2C(=O)NC2=CC(=O)NNC2)ccc(F)c1F. The normalized spacial score (nSPS) is 21.5. The van der Waals surface area contributed by atoms with Gasteiger partial charge in [-0.2, -0.15) is 4.39 Å². The van der Waals surface area contributed by atoms with Crippen LogP contribution in [0.1, 0.15) is 20.3 Å². The van der Waals surface area contributed by atoms with Crippen molar-refractivity contribution in [1.29, 1.82) is 0 Å². The molecule has 1 unspecified atom stereocenters. The lowest BCUT2D eigenvalue weighted by Crippen LogP contribution is -2.52. The van der Waals surface area contributed by atoms with Gasteiger partial charge in [-0.3, -0.25) is 15.0 Å². The Hall–Kier alpha value is -2.68. The molecule has 3 N–H and O–H groups in total. The largest absolute Gasteiger partial charge is 0.491 e. The zero-order valence-corrected chi connectivity index (χ0v) is 15.4. The van der Waals surface area contributed by atoms with Crippen LogP contribution < -0.4 is 25.8 Å². The molecule has 1 fully saturated rings. The lowest BCUT2D eigenvalue weighted by molar-refractivity contribution is -0.123. The van der Waals surface area contributed by atoms with Gasteiger partial charge in [0.25, 0.3) is 5.91 Å². The molecule has 0 saturated carbocycles. The van der Waals surface area contributed by atoms with Crippen LogP contribution in [0.4, 0.5) is 14.5 Å². The summed E-state index contributed by atoms with van der Waals surface area (Å²) in [5, 5.41) is 2.76. The van der Waals surface area contributed by atoms with Crippen LogP contribution in [0.15, 0.2) is 23.9 Å². The van der Waals surface area contributed by atoms with Gasteiger partial charge < -0.3 is 15.0 Å². The lowest BCUT2D eigenvalue weighted by atomic mass is 9.84. The van der Waals surface area contributed by atoms with Gasteiger partial charge in [0.2, 0.25) is 11.7 Å². The summed E-state index contributed by atoms with van der Waals surface area (Å²) < 4.78 is 32.8. The highest BCUT2D eigenvalue weighted by molar-refractivity contribution is 5.92. The summed E-state index contributed by atoms with van der Waals surface area (Å²) in [5.74, 6) is -3.02. The highest BCUT2D eigenvalue weighted by atomic mass is 19.2. The molecule has 0 radical (unpaired) electrons. The van der Waals surface area contributed by atoms with Crippen LogP contribution >= 0.6 is 0 Å². The lowest BCUT2D eigenvalue weighted by Gasteiger charge is -2.34. The number of carbonyl (C=O) groups is 2. The summed E-state index contributed by atoms with van der Waals surface area (Å²) in [6.07, 6.45) is 1.98. The van der Waals surface area contributed by atoms with E-state index in [9.17, 15) is 18.4 Å². The van der Waals surface area contributed by atoms with Gasteiger partial charge in [-0.15, -0.1) is 0 Å². The van der Waals surface area contributed by atoms with Gasteiger partial charge >= 0.3 is 0 Å². The molecule has 146 valence electrons. The first-order chi connectivity index (χ1) is 12.7. The van der Waals surface area contributed by atoms with Gasteiger partial charge in [0, 0.05) is 18.3 Å². The number of methoxy groups -OCH3 is 1. The fourth-order valence-corrected chi connectivity index (χ4v) is 3.57. The van der Waals surface area contributed by atoms with Crippen molar-refractivity contribution < 1.29 is 23.1 Å². The fourth-order valence-electron chi connectivity index (χ4n) is 3.57. The second-order valence-electron chi connectivity index (χ2n) is 7.25. The minimum absolute atomic E-state index is 0.233. The molecular weight excluding hydrogens is 358 g/mol. The van der Waals surface area contributed by atoms with Crippen molar-refractivity contribution in [2.75, 3.05) is 25.1 Å². The summed E-state index contributed by atoms with van der Waals surface area (Å²) in [6, 6.07) is 1.78. The van der Waals surface area contributed by atoms with E-state index in [0.29, 0.717) is 24.4 Å². The average Bonchev–Trinajstić information content (AvgIpc) is 2.92. The summed E-state index contributed by atoms with van der Waals surface area (Å²) in [5.41, 5.74) is 5.40. The first kappa shape index (κ1) is 19.1. The predicted molar refractivity (Wildman–Crippen MR) is 94.8 cm³/mol. The van der Waals surface area contributed by atoms with Crippen molar-refractivity contribution in [3.8, 4) is 5.75 Å². The van der Waals surface area contributed by atoms with Gasteiger partial charge in [0.05, 0.1) is 19.3 Å². The number of ether oxygens (including phenoxy) is 1. The van der Waals surface area contributed by atoms with E-state index >= 15 is 0 Å². The fraction of sp³-hybridized carbons (Fsp3) is 0.444. The second-order valence-corrected chi connectivity index (χ2v) is 7.25. The molecule has 2 heterocycles. The monoisotopic (exact) mass is 380 g/mol. The Labute approximate surface area is 155 Å². The van der Waals surface area contributed by atoms with Crippen molar-refractivity contribution >= 4 is 17.5 Å². The molecule has 0 aromatic heterocycles. The molecule has 27 heavy (non-hydrogen) atoms. The van der Waals surface area contributed by atoms with Crippen LogP contribution in [0.2, 0.25) is 0 Å². The molecule has 0 aliphatic carbocycles. The van der Waals surface area contributed by atoms with Crippen molar-refractivity contribution in [1.82, 2.24) is 16.2 Å². The van der Waals surface area contributed by atoms with Crippen LogP contribution in [-0.4, -0.2) is 38.1 Å². The Morgan fingerprint density at radius 2 is 2.11 bits per heavy atom. The van der Waals surface area contributed by atoms with Crippen molar-refractivity contribution in [3.63, 3.8) is 0 Å². The Morgan fingerprint density at radius 3 is 2.78 bits per heavy atom. The highest BCUT2D eigenvalue weighted by Crippen LogP contribution is 2.43. The Morgan fingerprint density at radius 1 is 1.37 bits per heavy atom. The zero-order valence-electron chi connectivity index (χ0n) is 15.4. The van der Waals surface area contributed by atoms with Crippen LogP contribution in [-0.2, 0) is 9.59 Å². The van der Waals surface area contributed by atoms with Crippen molar-refractivity contribution in [2.45, 2.75) is 26.3 Å². The van der Waals surface area contributed by atoms with Crippen LogP contribution in [0.25, 0.3) is 0 Å². The van der Waals surface area contributed by atoms with E-state index in [-0.39, 0.29) is 24.1 Å². The summed E-state index contributed by atoms with van der Waals surface area (Å²) in [6.45, 7) is 4.62. The number of benzene rings is 1. The molecule has 0 bridgehead atoms. The van der Waals surface area contributed by atoms with Crippen LogP contribution in [0.5, 0.6) is 5.75 Å². The maximum Gasteiger partial charge on any atom is 0.259 e. The maximum atomic E-state index is 14.2. The number of hydrogen-bond donors (Lipinski definition) is 3.